The predicted octanol–water partition coefficient (Wildman–Crippen LogP) is 3.49. The summed E-state index contributed by atoms with van der Waals surface area (Å²) in [6, 6.07) is 10.4. The van der Waals surface area contributed by atoms with E-state index in [0.29, 0.717) is 5.56 Å². The number of aromatic nitrogens is 2. The molecule has 1 aliphatic heterocycles. The maximum Gasteiger partial charge on any atom is 0.255 e. The van der Waals surface area contributed by atoms with E-state index in [1.807, 2.05) is 35.7 Å². The Kier molecular flexibility index (Phi) is 5.04. The highest BCUT2D eigenvalue weighted by atomic mass is 32.1. The van der Waals surface area contributed by atoms with Crippen molar-refractivity contribution in [2.24, 2.45) is 0 Å². The van der Waals surface area contributed by atoms with Crippen LogP contribution in [0.2, 0.25) is 0 Å². The van der Waals surface area contributed by atoms with Gasteiger partial charge in [0.1, 0.15) is 0 Å². The number of hydrogen-bond donors (Lipinski definition) is 1. The summed E-state index contributed by atoms with van der Waals surface area (Å²) in [6.07, 6.45) is 6.90. The number of nitrogens with one attached hydrogen (secondary N) is 1. The molecule has 0 unspecified atom stereocenters. The average molecular weight is 369 g/mol. The number of pyridine rings is 1. The number of amides is 1. The van der Waals surface area contributed by atoms with Crippen LogP contribution in [0.3, 0.4) is 0 Å². The smallest absolute Gasteiger partial charge is 0.255 e. The Labute approximate surface area is 157 Å². The molecule has 5 nitrogen and oxygen atoms in total. The van der Waals surface area contributed by atoms with Gasteiger partial charge in [-0.25, -0.2) is 4.52 Å². The SMILES string of the molecule is Cc1ccc(CN2CCCC[C@H](NC(=O)c3cnn4ccccc34)C2)s1. The van der Waals surface area contributed by atoms with Crippen LogP contribution >= 0.6 is 11.3 Å². The molecule has 1 fully saturated rings. The highest BCUT2D eigenvalue weighted by Gasteiger charge is 2.22. The molecule has 3 aromatic rings. The number of nitrogens with zero attached hydrogens (tertiary/aromatic N) is 3. The van der Waals surface area contributed by atoms with Crippen molar-refractivity contribution in [1.82, 2.24) is 19.8 Å². The first-order valence-corrected chi connectivity index (χ1v) is 10.0. The lowest BCUT2D eigenvalue weighted by atomic mass is 10.1. The molecule has 0 aliphatic carbocycles. The normalized spacial score (nSPS) is 18.7. The number of likely N-dealkylation sites (tertiary alicyclic amines) is 1. The standard InChI is InChI=1S/C20H24N4OS/c1-15-8-9-17(26-15)14-23-10-4-2-6-16(13-23)22-20(25)18-12-21-24-11-5-3-7-19(18)24/h3,5,7-9,11-12,16H,2,4,6,10,13-14H2,1H3,(H,22,25)/t16-/m0/s1. The fraction of sp³-hybridized carbons (Fsp3) is 0.400. The van der Waals surface area contributed by atoms with Crippen LogP contribution in [0.1, 0.15) is 39.4 Å². The summed E-state index contributed by atoms with van der Waals surface area (Å²) in [5.41, 5.74) is 1.50. The molecule has 26 heavy (non-hydrogen) atoms. The van der Waals surface area contributed by atoms with Gasteiger partial charge >= 0.3 is 0 Å². The van der Waals surface area contributed by atoms with Gasteiger partial charge in [0.05, 0.1) is 17.3 Å². The first-order valence-electron chi connectivity index (χ1n) is 9.20. The monoisotopic (exact) mass is 368 g/mol. The van der Waals surface area contributed by atoms with E-state index in [1.165, 1.54) is 16.2 Å². The highest BCUT2D eigenvalue weighted by Crippen LogP contribution is 2.20. The van der Waals surface area contributed by atoms with Gasteiger partial charge in [-0.1, -0.05) is 12.5 Å². The van der Waals surface area contributed by atoms with Gasteiger partial charge in [0.25, 0.3) is 5.91 Å². The fourth-order valence-corrected chi connectivity index (χ4v) is 4.58. The molecule has 1 aliphatic rings. The van der Waals surface area contributed by atoms with Gasteiger partial charge in [-0.15, -0.1) is 11.3 Å². The van der Waals surface area contributed by atoms with E-state index in [4.69, 9.17) is 0 Å². The molecule has 136 valence electrons. The third-order valence-corrected chi connectivity index (χ3v) is 5.92. The van der Waals surface area contributed by atoms with Gasteiger partial charge in [-0.3, -0.25) is 9.69 Å². The van der Waals surface area contributed by atoms with Crippen molar-refractivity contribution in [3.05, 3.63) is 58.0 Å². The molecule has 4 rings (SSSR count). The van der Waals surface area contributed by atoms with Gasteiger partial charge in [-0.2, -0.15) is 5.10 Å². The maximum atomic E-state index is 12.8. The Morgan fingerprint density at radius 1 is 1.31 bits per heavy atom. The second-order valence-electron chi connectivity index (χ2n) is 7.00. The molecule has 1 saturated heterocycles. The summed E-state index contributed by atoms with van der Waals surface area (Å²) in [4.78, 5) is 18.0. The molecule has 0 aromatic carbocycles. The Morgan fingerprint density at radius 3 is 3.08 bits per heavy atom. The number of fused-ring (bicyclic) bond motifs is 1. The molecule has 0 saturated carbocycles. The van der Waals surface area contributed by atoms with Crippen molar-refractivity contribution in [2.45, 2.75) is 38.8 Å². The van der Waals surface area contributed by atoms with Crippen molar-refractivity contribution in [2.75, 3.05) is 13.1 Å². The number of rotatable bonds is 4. The topological polar surface area (TPSA) is 49.6 Å². The van der Waals surface area contributed by atoms with E-state index in [-0.39, 0.29) is 11.9 Å². The van der Waals surface area contributed by atoms with Crippen LogP contribution in [0, 0.1) is 6.92 Å². The first-order chi connectivity index (χ1) is 12.7. The van der Waals surface area contributed by atoms with Crippen LogP contribution in [0.5, 0.6) is 0 Å². The Hall–Kier alpha value is -2.18. The summed E-state index contributed by atoms with van der Waals surface area (Å²) in [7, 11) is 0. The molecule has 4 heterocycles. The van der Waals surface area contributed by atoms with Gasteiger partial charge in [0.2, 0.25) is 0 Å². The zero-order valence-electron chi connectivity index (χ0n) is 15.0. The zero-order valence-corrected chi connectivity index (χ0v) is 15.8. The van der Waals surface area contributed by atoms with Gasteiger partial charge in [0.15, 0.2) is 0 Å². The zero-order chi connectivity index (χ0) is 17.9. The van der Waals surface area contributed by atoms with E-state index in [9.17, 15) is 4.79 Å². The van der Waals surface area contributed by atoms with Crippen molar-refractivity contribution in [3.63, 3.8) is 0 Å². The van der Waals surface area contributed by atoms with Crippen LogP contribution in [0.15, 0.2) is 42.7 Å². The Balaban J connectivity index is 1.43. The third-order valence-electron chi connectivity index (χ3n) is 4.94. The maximum absolute atomic E-state index is 12.8. The molecule has 0 spiro atoms. The minimum Gasteiger partial charge on any atom is -0.348 e. The van der Waals surface area contributed by atoms with E-state index in [2.05, 4.69) is 34.4 Å². The van der Waals surface area contributed by atoms with Gasteiger partial charge in [0, 0.05) is 35.1 Å². The minimum absolute atomic E-state index is 0.0231. The molecule has 6 heteroatoms. The van der Waals surface area contributed by atoms with E-state index in [0.717, 1.165) is 38.0 Å². The minimum atomic E-state index is -0.0231. The van der Waals surface area contributed by atoms with Crippen LogP contribution < -0.4 is 5.32 Å². The van der Waals surface area contributed by atoms with E-state index >= 15 is 0 Å². The van der Waals surface area contributed by atoms with Crippen LogP contribution in [-0.4, -0.2) is 39.6 Å². The summed E-state index contributed by atoms with van der Waals surface area (Å²) < 4.78 is 1.74. The molecule has 0 bridgehead atoms. The van der Waals surface area contributed by atoms with Crippen molar-refractivity contribution >= 4 is 22.8 Å². The molecule has 1 amide bonds. The Morgan fingerprint density at radius 2 is 2.23 bits per heavy atom. The fourth-order valence-electron chi connectivity index (χ4n) is 3.64. The second kappa shape index (κ2) is 7.60. The lowest BCUT2D eigenvalue weighted by Crippen LogP contribution is -2.42. The molecule has 1 atom stereocenters. The summed E-state index contributed by atoms with van der Waals surface area (Å²) in [5.74, 6) is -0.0231. The van der Waals surface area contributed by atoms with Crippen LogP contribution in [0.25, 0.3) is 5.52 Å². The van der Waals surface area contributed by atoms with Gasteiger partial charge < -0.3 is 5.32 Å². The number of hydrogen-bond acceptors (Lipinski definition) is 4. The molecule has 3 aromatic heterocycles. The van der Waals surface area contributed by atoms with Crippen LogP contribution in [0.4, 0.5) is 0 Å². The lowest BCUT2D eigenvalue weighted by Gasteiger charge is -2.24. The number of thiophene rings is 1. The van der Waals surface area contributed by atoms with Crippen LogP contribution in [-0.2, 0) is 6.54 Å². The van der Waals surface area contributed by atoms with Crippen molar-refractivity contribution in [1.29, 1.82) is 0 Å². The summed E-state index contributed by atoms with van der Waals surface area (Å²) in [6.45, 7) is 5.12. The van der Waals surface area contributed by atoms with Crippen molar-refractivity contribution in [3.8, 4) is 0 Å². The first kappa shape index (κ1) is 17.2. The van der Waals surface area contributed by atoms with E-state index in [1.54, 1.807) is 10.7 Å². The second-order valence-corrected chi connectivity index (χ2v) is 8.37. The third kappa shape index (κ3) is 3.81. The quantitative estimate of drug-likeness (QED) is 0.767. The number of carbonyl (C=O) groups is 1. The van der Waals surface area contributed by atoms with E-state index < -0.39 is 0 Å². The molecule has 1 N–H and O–H groups in total. The summed E-state index contributed by atoms with van der Waals surface area (Å²) >= 11 is 1.86. The largest absolute Gasteiger partial charge is 0.348 e. The molecular formula is C20H24N4OS. The highest BCUT2D eigenvalue weighted by molar-refractivity contribution is 7.11. The average Bonchev–Trinajstić information content (AvgIpc) is 3.17. The number of carbonyl (C=O) groups excluding carboxylic acids is 1. The molecular weight excluding hydrogens is 344 g/mol. The molecule has 0 radical (unpaired) electrons. The summed E-state index contributed by atoms with van der Waals surface area (Å²) in [5, 5.41) is 7.52. The lowest BCUT2D eigenvalue weighted by molar-refractivity contribution is 0.0927. The van der Waals surface area contributed by atoms with Gasteiger partial charge in [-0.05, 0) is 50.6 Å². The number of aryl methyl sites for hydroxylation is 1. The predicted molar refractivity (Wildman–Crippen MR) is 105 cm³/mol. The Bertz CT molecular complexity index is 900. The van der Waals surface area contributed by atoms with Crippen molar-refractivity contribution < 1.29 is 4.79 Å².